The summed E-state index contributed by atoms with van der Waals surface area (Å²) in [5.74, 6) is 0.155. The summed E-state index contributed by atoms with van der Waals surface area (Å²) in [7, 11) is 1.67. The number of methoxy groups -OCH3 is 1. The number of hydrogen-bond acceptors (Lipinski definition) is 4. The van der Waals surface area contributed by atoms with Crippen molar-refractivity contribution in [3.05, 3.63) is 18.2 Å². The predicted molar refractivity (Wildman–Crippen MR) is 45.0 cm³/mol. The average molecular weight is 183 g/mol. The van der Waals surface area contributed by atoms with Gasteiger partial charge in [0.1, 0.15) is 0 Å². The third-order valence-corrected chi connectivity index (χ3v) is 2.07. The molecule has 1 fully saturated rings. The van der Waals surface area contributed by atoms with E-state index in [0.717, 1.165) is 13.1 Å². The van der Waals surface area contributed by atoms with Gasteiger partial charge in [-0.1, -0.05) is 0 Å². The normalized spacial score (nSPS) is 17.2. The number of rotatable bonds is 2. The van der Waals surface area contributed by atoms with Crippen molar-refractivity contribution in [2.45, 2.75) is 6.10 Å². The van der Waals surface area contributed by atoms with E-state index in [9.17, 15) is 4.39 Å². The maximum atomic E-state index is 12.4. The van der Waals surface area contributed by atoms with Crippen LogP contribution in [-0.4, -0.2) is 36.3 Å². The monoisotopic (exact) mass is 183 g/mol. The molecule has 1 aliphatic heterocycles. The highest BCUT2D eigenvalue weighted by molar-refractivity contribution is 5.33. The Morgan fingerprint density at radius 3 is 2.62 bits per heavy atom. The summed E-state index contributed by atoms with van der Waals surface area (Å²) in [5, 5.41) is 0. The first-order valence-corrected chi connectivity index (χ1v) is 4.05. The van der Waals surface area contributed by atoms with Crippen LogP contribution in [0, 0.1) is 5.82 Å². The summed E-state index contributed by atoms with van der Waals surface area (Å²) >= 11 is 0. The zero-order chi connectivity index (χ0) is 9.26. The Labute approximate surface area is 75.4 Å². The molecule has 0 aromatic carbocycles. The topological polar surface area (TPSA) is 38.2 Å². The largest absolute Gasteiger partial charge is 0.378 e. The van der Waals surface area contributed by atoms with Crippen LogP contribution >= 0.6 is 0 Å². The van der Waals surface area contributed by atoms with Crippen LogP contribution in [-0.2, 0) is 4.74 Å². The molecule has 4 nitrogen and oxygen atoms in total. The molecule has 0 spiro atoms. The third kappa shape index (κ3) is 1.60. The first kappa shape index (κ1) is 8.37. The van der Waals surface area contributed by atoms with E-state index < -0.39 is 5.82 Å². The SMILES string of the molecule is COC1CN(c2ncc(F)cn2)C1. The molecule has 1 saturated heterocycles. The summed E-state index contributed by atoms with van der Waals surface area (Å²) < 4.78 is 17.5. The highest BCUT2D eigenvalue weighted by Gasteiger charge is 2.28. The highest BCUT2D eigenvalue weighted by atomic mass is 19.1. The van der Waals surface area contributed by atoms with Crippen molar-refractivity contribution in [2.24, 2.45) is 0 Å². The van der Waals surface area contributed by atoms with Crippen molar-refractivity contribution in [3.63, 3.8) is 0 Å². The second-order valence-corrected chi connectivity index (χ2v) is 2.96. The first-order valence-electron chi connectivity index (χ1n) is 4.05. The number of ether oxygens (including phenoxy) is 1. The van der Waals surface area contributed by atoms with Crippen LogP contribution in [0.2, 0.25) is 0 Å². The van der Waals surface area contributed by atoms with Gasteiger partial charge in [0.2, 0.25) is 5.95 Å². The molecule has 5 heteroatoms. The van der Waals surface area contributed by atoms with Gasteiger partial charge >= 0.3 is 0 Å². The molecule has 0 aliphatic carbocycles. The molecule has 0 amide bonds. The molecular formula is C8H10FN3O. The Kier molecular flexibility index (Phi) is 2.10. The fraction of sp³-hybridized carbons (Fsp3) is 0.500. The fourth-order valence-electron chi connectivity index (χ4n) is 1.22. The minimum atomic E-state index is -0.410. The van der Waals surface area contributed by atoms with Crippen molar-refractivity contribution in [1.82, 2.24) is 9.97 Å². The second kappa shape index (κ2) is 3.26. The molecule has 0 bridgehead atoms. The molecule has 1 aliphatic rings. The summed E-state index contributed by atoms with van der Waals surface area (Å²) in [6, 6.07) is 0. The van der Waals surface area contributed by atoms with Crippen LogP contribution in [0.1, 0.15) is 0 Å². The third-order valence-electron chi connectivity index (χ3n) is 2.07. The quantitative estimate of drug-likeness (QED) is 0.667. The van der Waals surface area contributed by atoms with Gasteiger partial charge < -0.3 is 9.64 Å². The van der Waals surface area contributed by atoms with Crippen LogP contribution in [0.3, 0.4) is 0 Å². The van der Waals surface area contributed by atoms with E-state index in [4.69, 9.17) is 4.74 Å². The lowest BCUT2D eigenvalue weighted by atomic mass is 10.2. The lowest BCUT2D eigenvalue weighted by molar-refractivity contribution is 0.0778. The maximum Gasteiger partial charge on any atom is 0.225 e. The average Bonchev–Trinajstić information content (AvgIpc) is 2.06. The minimum absolute atomic E-state index is 0.258. The molecule has 70 valence electrons. The lowest BCUT2D eigenvalue weighted by Gasteiger charge is -2.37. The summed E-state index contributed by atoms with van der Waals surface area (Å²) in [6.07, 6.45) is 2.60. The van der Waals surface area contributed by atoms with Crippen LogP contribution in [0.4, 0.5) is 10.3 Å². The molecule has 1 aromatic heterocycles. The summed E-state index contributed by atoms with van der Waals surface area (Å²) in [6.45, 7) is 1.56. The van der Waals surface area contributed by atoms with Crippen LogP contribution < -0.4 is 4.90 Å². The van der Waals surface area contributed by atoms with Gasteiger partial charge in [-0.25, -0.2) is 14.4 Å². The van der Waals surface area contributed by atoms with E-state index in [0.29, 0.717) is 5.95 Å². The molecule has 0 saturated carbocycles. The van der Waals surface area contributed by atoms with Gasteiger partial charge in [-0.15, -0.1) is 0 Å². The maximum absolute atomic E-state index is 12.4. The van der Waals surface area contributed by atoms with Gasteiger partial charge in [-0.3, -0.25) is 0 Å². The summed E-state index contributed by atoms with van der Waals surface area (Å²) in [4.78, 5) is 9.64. The molecule has 0 atom stereocenters. The zero-order valence-electron chi connectivity index (χ0n) is 7.27. The van der Waals surface area contributed by atoms with E-state index in [1.807, 2.05) is 4.90 Å². The minimum Gasteiger partial charge on any atom is -0.378 e. The number of nitrogens with zero attached hydrogens (tertiary/aromatic N) is 3. The van der Waals surface area contributed by atoms with Gasteiger partial charge in [0.25, 0.3) is 0 Å². The van der Waals surface area contributed by atoms with Gasteiger partial charge in [-0.2, -0.15) is 0 Å². The van der Waals surface area contributed by atoms with Crippen molar-refractivity contribution in [2.75, 3.05) is 25.1 Å². The van der Waals surface area contributed by atoms with E-state index in [-0.39, 0.29) is 6.10 Å². The van der Waals surface area contributed by atoms with Gasteiger partial charge in [0, 0.05) is 20.2 Å². The number of anilines is 1. The molecule has 0 radical (unpaired) electrons. The Morgan fingerprint density at radius 1 is 1.46 bits per heavy atom. The number of aromatic nitrogens is 2. The number of hydrogen-bond donors (Lipinski definition) is 0. The van der Waals surface area contributed by atoms with Crippen molar-refractivity contribution >= 4 is 5.95 Å². The van der Waals surface area contributed by atoms with Crippen molar-refractivity contribution < 1.29 is 9.13 Å². The van der Waals surface area contributed by atoms with E-state index in [2.05, 4.69) is 9.97 Å². The number of halogens is 1. The van der Waals surface area contributed by atoms with Crippen LogP contribution in [0.15, 0.2) is 12.4 Å². The van der Waals surface area contributed by atoms with Gasteiger partial charge in [0.15, 0.2) is 5.82 Å². The first-order chi connectivity index (χ1) is 6.29. The molecule has 0 unspecified atom stereocenters. The van der Waals surface area contributed by atoms with Crippen LogP contribution in [0.25, 0.3) is 0 Å². The highest BCUT2D eigenvalue weighted by Crippen LogP contribution is 2.16. The molecule has 2 rings (SSSR count). The van der Waals surface area contributed by atoms with Gasteiger partial charge in [-0.05, 0) is 0 Å². The standard InChI is InChI=1S/C8H10FN3O/c1-13-7-4-12(5-7)8-10-2-6(9)3-11-8/h2-3,7H,4-5H2,1H3. The Morgan fingerprint density at radius 2 is 2.08 bits per heavy atom. The van der Waals surface area contributed by atoms with Crippen molar-refractivity contribution in [1.29, 1.82) is 0 Å². The zero-order valence-corrected chi connectivity index (χ0v) is 7.27. The van der Waals surface area contributed by atoms with Crippen molar-refractivity contribution in [3.8, 4) is 0 Å². The predicted octanol–water partition coefficient (Wildman–Crippen LogP) is 0.451. The lowest BCUT2D eigenvalue weighted by Crippen LogP contribution is -2.52. The van der Waals surface area contributed by atoms with E-state index in [1.165, 1.54) is 12.4 Å². The van der Waals surface area contributed by atoms with E-state index in [1.54, 1.807) is 7.11 Å². The molecule has 13 heavy (non-hydrogen) atoms. The van der Waals surface area contributed by atoms with E-state index >= 15 is 0 Å². The Hall–Kier alpha value is -1.23. The fourth-order valence-corrected chi connectivity index (χ4v) is 1.22. The smallest absolute Gasteiger partial charge is 0.225 e. The second-order valence-electron chi connectivity index (χ2n) is 2.96. The molecular weight excluding hydrogens is 173 g/mol. The summed E-state index contributed by atoms with van der Waals surface area (Å²) in [5.41, 5.74) is 0. The molecule has 1 aromatic rings. The molecule has 0 N–H and O–H groups in total. The Balaban J connectivity index is 1.99. The van der Waals surface area contributed by atoms with Crippen LogP contribution in [0.5, 0.6) is 0 Å². The van der Waals surface area contributed by atoms with Gasteiger partial charge in [0.05, 0.1) is 18.5 Å². The Bertz CT molecular complexity index is 284. The molecule has 2 heterocycles.